The molecule has 1 aromatic carbocycles. The van der Waals surface area contributed by atoms with Gasteiger partial charge in [-0.3, -0.25) is 14.3 Å². The number of amides is 1. The molecule has 3 aromatic rings. The second kappa shape index (κ2) is 7.66. The van der Waals surface area contributed by atoms with Gasteiger partial charge in [0.05, 0.1) is 12.1 Å². The fraction of sp³-hybridized carbons (Fsp3) is 0.167. The molecule has 1 amide bonds. The number of ether oxygens (including phenoxy) is 2. The van der Waals surface area contributed by atoms with Crippen LogP contribution in [0.3, 0.4) is 0 Å². The molecule has 0 saturated carbocycles. The molecule has 0 unspecified atom stereocenters. The monoisotopic (exact) mass is 355 g/mol. The van der Waals surface area contributed by atoms with Crippen LogP contribution in [0.15, 0.2) is 48.8 Å². The molecule has 2 aromatic heterocycles. The largest absolute Gasteiger partial charge is 0.464 e. The maximum absolute atomic E-state index is 12.0. The molecule has 8 nitrogen and oxygen atoms in total. The lowest BCUT2D eigenvalue weighted by atomic mass is 10.2. The third-order valence-electron chi connectivity index (χ3n) is 3.66. The van der Waals surface area contributed by atoms with Crippen molar-refractivity contribution in [1.82, 2.24) is 14.9 Å². The SMILES string of the molecule is COCCNC(=O)c1cc(Oc2ccc3c(ccn3C(=O)O)c2)ccn1. The van der Waals surface area contributed by atoms with Gasteiger partial charge in [0.15, 0.2) is 0 Å². The highest BCUT2D eigenvalue weighted by Gasteiger charge is 2.10. The van der Waals surface area contributed by atoms with E-state index in [1.54, 1.807) is 37.4 Å². The zero-order chi connectivity index (χ0) is 18.5. The van der Waals surface area contributed by atoms with Crippen LogP contribution in [0.4, 0.5) is 4.79 Å². The van der Waals surface area contributed by atoms with Crippen molar-refractivity contribution in [2.45, 2.75) is 0 Å². The molecular formula is C18H17N3O5. The number of nitrogens with zero attached hydrogens (tertiary/aromatic N) is 2. The third-order valence-corrected chi connectivity index (χ3v) is 3.66. The average Bonchev–Trinajstić information content (AvgIpc) is 3.05. The van der Waals surface area contributed by atoms with Crippen LogP contribution in [0.2, 0.25) is 0 Å². The van der Waals surface area contributed by atoms with Gasteiger partial charge in [0.2, 0.25) is 0 Å². The quantitative estimate of drug-likeness (QED) is 0.659. The third kappa shape index (κ3) is 3.81. The number of benzene rings is 1. The Labute approximate surface area is 149 Å². The van der Waals surface area contributed by atoms with E-state index in [9.17, 15) is 9.59 Å². The van der Waals surface area contributed by atoms with E-state index >= 15 is 0 Å². The summed E-state index contributed by atoms with van der Waals surface area (Å²) >= 11 is 0. The Kier molecular flexibility index (Phi) is 5.14. The lowest BCUT2D eigenvalue weighted by molar-refractivity contribution is 0.0931. The summed E-state index contributed by atoms with van der Waals surface area (Å²) in [5, 5.41) is 12.5. The van der Waals surface area contributed by atoms with E-state index in [0.717, 1.165) is 9.95 Å². The molecule has 0 aliphatic rings. The van der Waals surface area contributed by atoms with Gasteiger partial charge in [-0.05, 0) is 30.3 Å². The molecule has 0 spiro atoms. The van der Waals surface area contributed by atoms with Crippen LogP contribution in [0.5, 0.6) is 11.5 Å². The van der Waals surface area contributed by atoms with Gasteiger partial charge in [-0.1, -0.05) is 0 Å². The number of rotatable bonds is 6. The number of aromatic nitrogens is 2. The molecule has 8 heteroatoms. The van der Waals surface area contributed by atoms with Crippen LogP contribution in [-0.4, -0.2) is 46.9 Å². The standard InChI is InChI=1S/C18H17N3O5/c1-25-9-7-20-17(22)15-11-14(4-6-19-15)26-13-2-3-16-12(10-13)5-8-21(16)18(23)24/h2-6,8,10-11H,7,9H2,1H3,(H,20,22)(H,23,24). The molecule has 0 aliphatic carbocycles. The molecule has 0 aliphatic heterocycles. The predicted octanol–water partition coefficient (Wildman–Crippen LogP) is 2.73. The Morgan fingerprint density at radius 2 is 2.00 bits per heavy atom. The van der Waals surface area contributed by atoms with Crippen LogP contribution >= 0.6 is 0 Å². The van der Waals surface area contributed by atoms with Gasteiger partial charge in [-0.15, -0.1) is 0 Å². The summed E-state index contributed by atoms with van der Waals surface area (Å²) in [4.78, 5) is 27.2. The van der Waals surface area contributed by atoms with Gasteiger partial charge in [0.25, 0.3) is 5.91 Å². The topological polar surface area (TPSA) is 103 Å². The maximum atomic E-state index is 12.0. The van der Waals surface area contributed by atoms with Crippen LogP contribution in [0.25, 0.3) is 10.9 Å². The lowest BCUT2D eigenvalue weighted by Gasteiger charge is -2.08. The Balaban J connectivity index is 1.76. The number of carbonyl (C=O) groups excluding carboxylic acids is 1. The van der Waals surface area contributed by atoms with Gasteiger partial charge in [-0.25, -0.2) is 4.79 Å². The fourth-order valence-corrected chi connectivity index (χ4v) is 2.44. The van der Waals surface area contributed by atoms with Crippen molar-refractivity contribution in [3.8, 4) is 11.5 Å². The number of hydrogen-bond acceptors (Lipinski definition) is 5. The summed E-state index contributed by atoms with van der Waals surface area (Å²) in [5.41, 5.74) is 0.800. The fourth-order valence-electron chi connectivity index (χ4n) is 2.44. The number of carboxylic acid groups (broad SMARTS) is 1. The molecule has 0 saturated heterocycles. The van der Waals surface area contributed by atoms with Gasteiger partial charge in [0.1, 0.15) is 17.2 Å². The van der Waals surface area contributed by atoms with Gasteiger partial charge in [-0.2, -0.15) is 0 Å². The van der Waals surface area contributed by atoms with E-state index in [2.05, 4.69) is 10.3 Å². The maximum Gasteiger partial charge on any atom is 0.415 e. The summed E-state index contributed by atoms with van der Waals surface area (Å²) in [6.45, 7) is 0.803. The van der Waals surface area contributed by atoms with E-state index in [-0.39, 0.29) is 11.6 Å². The van der Waals surface area contributed by atoms with Crippen molar-refractivity contribution < 1.29 is 24.2 Å². The Bertz CT molecular complexity index is 951. The minimum absolute atomic E-state index is 0.233. The molecule has 0 radical (unpaired) electrons. The van der Waals surface area contributed by atoms with Crippen LogP contribution in [-0.2, 0) is 4.74 Å². The zero-order valence-electron chi connectivity index (χ0n) is 14.0. The van der Waals surface area contributed by atoms with E-state index < -0.39 is 6.09 Å². The molecule has 2 heterocycles. The zero-order valence-corrected chi connectivity index (χ0v) is 14.0. The first-order valence-electron chi connectivity index (χ1n) is 7.84. The average molecular weight is 355 g/mol. The lowest BCUT2D eigenvalue weighted by Crippen LogP contribution is -2.27. The smallest absolute Gasteiger partial charge is 0.415 e. The number of pyridine rings is 1. The summed E-state index contributed by atoms with van der Waals surface area (Å²) in [5.74, 6) is 0.660. The molecule has 3 rings (SSSR count). The molecule has 0 atom stereocenters. The van der Waals surface area contributed by atoms with Crippen molar-refractivity contribution in [2.75, 3.05) is 20.3 Å². The van der Waals surface area contributed by atoms with E-state index in [4.69, 9.17) is 14.6 Å². The second-order valence-electron chi connectivity index (χ2n) is 5.42. The van der Waals surface area contributed by atoms with E-state index in [1.807, 2.05) is 0 Å². The number of carbonyl (C=O) groups is 2. The second-order valence-corrected chi connectivity index (χ2v) is 5.42. The first-order valence-corrected chi connectivity index (χ1v) is 7.84. The van der Waals surface area contributed by atoms with Crippen molar-refractivity contribution >= 4 is 22.9 Å². The molecular weight excluding hydrogens is 338 g/mol. The molecule has 0 fully saturated rings. The first-order chi connectivity index (χ1) is 12.6. The highest BCUT2D eigenvalue weighted by Crippen LogP contribution is 2.26. The summed E-state index contributed by atoms with van der Waals surface area (Å²) < 4.78 is 11.8. The molecule has 26 heavy (non-hydrogen) atoms. The van der Waals surface area contributed by atoms with E-state index in [1.165, 1.54) is 18.5 Å². The number of hydrogen-bond donors (Lipinski definition) is 2. The number of methoxy groups -OCH3 is 1. The Hall–Kier alpha value is -3.39. The summed E-state index contributed by atoms with van der Waals surface area (Å²) in [6, 6.07) is 9.93. The summed E-state index contributed by atoms with van der Waals surface area (Å²) in [6.07, 6.45) is 1.91. The van der Waals surface area contributed by atoms with Crippen molar-refractivity contribution in [1.29, 1.82) is 0 Å². The van der Waals surface area contributed by atoms with Crippen molar-refractivity contribution in [2.24, 2.45) is 0 Å². The number of nitrogens with one attached hydrogen (secondary N) is 1. The van der Waals surface area contributed by atoms with Crippen LogP contribution < -0.4 is 10.1 Å². The molecule has 0 bridgehead atoms. The van der Waals surface area contributed by atoms with Crippen molar-refractivity contribution in [3.05, 3.63) is 54.5 Å². The van der Waals surface area contributed by atoms with Crippen LogP contribution in [0.1, 0.15) is 10.5 Å². The van der Waals surface area contributed by atoms with Gasteiger partial charge >= 0.3 is 6.09 Å². The first kappa shape index (κ1) is 17.4. The number of fused-ring (bicyclic) bond motifs is 1. The normalized spacial score (nSPS) is 10.7. The molecule has 134 valence electrons. The Morgan fingerprint density at radius 3 is 2.77 bits per heavy atom. The minimum atomic E-state index is -1.05. The van der Waals surface area contributed by atoms with E-state index in [0.29, 0.717) is 30.2 Å². The minimum Gasteiger partial charge on any atom is -0.464 e. The Morgan fingerprint density at radius 1 is 1.19 bits per heavy atom. The van der Waals surface area contributed by atoms with Crippen molar-refractivity contribution in [3.63, 3.8) is 0 Å². The predicted molar refractivity (Wildman–Crippen MR) is 93.9 cm³/mol. The highest BCUT2D eigenvalue weighted by molar-refractivity contribution is 5.92. The van der Waals surface area contributed by atoms with Gasteiger partial charge < -0.3 is 19.9 Å². The van der Waals surface area contributed by atoms with Gasteiger partial charge in [0, 0.05) is 37.5 Å². The summed E-state index contributed by atoms with van der Waals surface area (Å²) in [7, 11) is 1.56. The van der Waals surface area contributed by atoms with Crippen LogP contribution in [0, 0.1) is 0 Å². The highest BCUT2D eigenvalue weighted by atomic mass is 16.5. The molecule has 2 N–H and O–H groups in total.